The van der Waals surface area contributed by atoms with E-state index < -0.39 is 0 Å². The van der Waals surface area contributed by atoms with E-state index in [0.717, 1.165) is 10.5 Å². The fourth-order valence-electron chi connectivity index (χ4n) is 1.36. The van der Waals surface area contributed by atoms with E-state index in [4.69, 9.17) is 5.73 Å². The van der Waals surface area contributed by atoms with Crippen molar-refractivity contribution in [2.75, 3.05) is 12.8 Å². The van der Waals surface area contributed by atoms with E-state index in [9.17, 15) is 0 Å². The molecule has 0 saturated carbocycles. The van der Waals surface area contributed by atoms with Crippen LogP contribution in [0.4, 0.5) is 5.69 Å². The molecule has 0 spiro atoms. The Morgan fingerprint density at radius 3 is 2.92 bits per heavy atom. The highest BCUT2D eigenvalue weighted by atomic mass is 32.1. The SMILES string of the molecule is CN=c1sc2cc(N)ccc2n1C. The quantitative estimate of drug-likeness (QED) is 0.631. The van der Waals surface area contributed by atoms with Crippen LogP contribution >= 0.6 is 11.3 Å². The largest absolute Gasteiger partial charge is 0.399 e. The minimum Gasteiger partial charge on any atom is -0.399 e. The van der Waals surface area contributed by atoms with Crippen LogP contribution in [0.15, 0.2) is 23.2 Å². The number of nitrogens with zero attached hydrogens (tertiary/aromatic N) is 2. The molecule has 1 heterocycles. The van der Waals surface area contributed by atoms with Crippen LogP contribution in [0.5, 0.6) is 0 Å². The van der Waals surface area contributed by atoms with Crippen molar-refractivity contribution in [1.82, 2.24) is 4.57 Å². The first-order chi connectivity index (χ1) is 6.22. The zero-order chi connectivity index (χ0) is 9.42. The van der Waals surface area contributed by atoms with Crippen molar-refractivity contribution in [3.8, 4) is 0 Å². The van der Waals surface area contributed by atoms with Crippen molar-refractivity contribution in [1.29, 1.82) is 0 Å². The molecule has 0 atom stereocenters. The van der Waals surface area contributed by atoms with Gasteiger partial charge in [-0.05, 0) is 18.2 Å². The number of fused-ring (bicyclic) bond motifs is 1. The Morgan fingerprint density at radius 1 is 1.46 bits per heavy atom. The van der Waals surface area contributed by atoms with Crippen molar-refractivity contribution in [3.05, 3.63) is 23.0 Å². The summed E-state index contributed by atoms with van der Waals surface area (Å²) in [5, 5.41) is 0. The molecule has 0 saturated heterocycles. The van der Waals surface area contributed by atoms with Gasteiger partial charge in [0.25, 0.3) is 0 Å². The number of thiazole rings is 1. The fourth-order valence-corrected chi connectivity index (χ4v) is 2.38. The van der Waals surface area contributed by atoms with Crippen LogP contribution in [-0.2, 0) is 7.05 Å². The number of hydrogen-bond acceptors (Lipinski definition) is 3. The van der Waals surface area contributed by atoms with Crippen LogP contribution in [0.1, 0.15) is 0 Å². The van der Waals surface area contributed by atoms with Gasteiger partial charge >= 0.3 is 0 Å². The molecule has 1 aromatic carbocycles. The van der Waals surface area contributed by atoms with E-state index >= 15 is 0 Å². The highest BCUT2D eigenvalue weighted by molar-refractivity contribution is 7.16. The lowest BCUT2D eigenvalue weighted by molar-refractivity contribution is 0.904. The molecule has 0 unspecified atom stereocenters. The van der Waals surface area contributed by atoms with E-state index in [-0.39, 0.29) is 0 Å². The summed E-state index contributed by atoms with van der Waals surface area (Å²) in [5.41, 5.74) is 7.67. The summed E-state index contributed by atoms with van der Waals surface area (Å²) in [6.45, 7) is 0. The summed E-state index contributed by atoms with van der Waals surface area (Å²) < 4.78 is 3.25. The Bertz CT molecular complexity index is 507. The second-order valence-electron chi connectivity index (χ2n) is 2.89. The second kappa shape index (κ2) is 2.88. The topological polar surface area (TPSA) is 43.3 Å². The summed E-state index contributed by atoms with van der Waals surface area (Å²) in [6, 6.07) is 5.92. The highest BCUT2D eigenvalue weighted by Gasteiger charge is 2.01. The first-order valence-electron chi connectivity index (χ1n) is 4.00. The Morgan fingerprint density at radius 2 is 2.23 bits per heavy atom. The summed E-state index contributed by atoms with van der Waals surface area (Å²) >= 11 is 1.65. The van der Waals surface area contributed by atoms with Gasteiger partial charge in [0, 0.05) is 19.8 Å². The van der Waals surface area contributed by atoms with Crippen molar-refractivity contribution in [2.24, 2.45) is 12.0 Å². The molecule has 1 aromatic heterocycles. The molecule has 0 radical (unpaired) electrons. The van der Waals surface area contributed by atoms with Crippen LogP contribution in [0.3, 0.4) is 0 Å². The number of nitrogen functional groups attached to an aromatic ring is 1. The van der Waals surface area contributed by atoms with E-state index in [0.29, 0.717) is 0 Å². The van der Waals surface area contributed by atoms with E-state index in [2.05, 4.69) is 9.56 Å². The molecule has 4 heteroatoms. The lowest BCUT2D eigenvalue weighted by Gasteiger charge is -1.95. The van der Waals surface area contributed by atoms with E-state index in [1.807, 2.05) is 25.2 Å². The molecule has 13 heavy (non-hydrogen) atoms. The molecular weight excluding hydrogens is 182 g/mol. The smallest absolute Gasteiger partial charge is 0.185 e. The zero-order valence-corrected chi connectivity index (χ0v) is 8.43. The van der Waals surface area contributed by atoms with Gasteiger partial charge in [-0.1, -0.05) is 11.3 Å². The summed E-state index contributed by atoms with van der Waals surface area (Å²) in [4.78, 5) is 5.19. The molecule has 68 valence electrons. The molecule has 3 nitrogen and oxygen atoms in total. The Hall–Kier alpha value is -1.29. The molecule has 2 aromatic rings. The summed E-state index contributed by atoms with van der Waals surface area (Å²) in [5.74, 6) is 0. The molecule has 0 amide bonds. The van der Waals surface area contributed by atoms with E-state index in [1.165, 1.54) is 10.2 Å². The molecule has 0 bridgehead atoms. The average Bonchev–Trinajstić information content (AvgIpc) is 2.42. The monoisotopic (exact) mass is 193 g/mol. The van der Waals surface area contributed by atoms with Gasteiger partial charge in [-0.2, -0.15) is 0 Å². The standard InChI is InChI=1S/C9H11N3S/c1-11-9-12(2)7-4-3-6(10)5-8(7)13-9/h3-5H,10H2,1-2H3. The van der Waals surface area contributed by atoms with Crippen molar-refractivity contribution >= 4 is 27.2 Å². The number of aryl methyl sites for hydroxylation is 1. The first kappa shape index (κ1) is 8.31. The predicted molar refractivity (Wildman–Crippen MR) is 56.7 cm³/mol. The second-order valence-corrected chi connectivity index (χ2v) is 3.90. The predicted octanol–water partition coefficient (Wildman–Crippen LogP) is 1.35. The average molecular weight is 193 g/mol. The Labute approximate surface area is 80.1 Å². The van der Waals surface area contributed by atoms with Gasteiger partial charge in [-0.3, -0.25) is 4.99 Å². The molecule has 0 aliphatic rings. The Balaban J connectivity index is 2.93. The highest BCUT2D eigenvalue weighted by Crippen LogP contribution is 2.18. The normalized spacial score (nSPS) is 12.6. The molecule has 0 aliphatic carbocycles. The molecule has 2 rings (SSSR count). The van der Waals surface area contributed by atoms with Crippen molar-refractivity contribution < 1.29 is 0 Å². The first-order valence-corrected chi connectivity index (χ1v) is 4.82. The minimum absolute atomic E-state index is 0.803. The maximum absolute atomic E-state index is 5.69. The third kappa shape index (κ3) is 1.23. The van der Waals surface area contributed by atoms with Gasteiger partial charge in [0.15, 0.2) is 4.80 Å². The molecule has 0 fully saturated rings. The third-order valence-electron chi connectivity index (χ3n) is 2.02. The molecule has 2 N–H and O–H groups in total. The lowest BCUT2D eigenvalue weighted by Crippen LogP contribution is -2.08. The lowest BCUT2D eigenvalue weighted by atomic mass is 10.3. The van der Waals surface area contributed by atoms with Gasteiger partial charge < -0.3 is 10.3 Å². The van der Waals surface area contributed by atoms with Gasteiger partial charge in [-0.15, -0.1) is 0 Å². The maximum atomic E-state index is 5.69. The van der Waals surface area contributed by atoms with Crippen molar-refractivity contribution in [2.45, 2.75) is 0 Å². The van der Waals surface area contributed by atoms with Crippen LogP contribution in [0, 0.1) is 0 Å². The number of nitrogens with two attached hydrogens (primary N) is 1. The summed E-state index contributed by atoms with van der Waals surface area (Å²) in [7, 11) is 3.81. The molecular formula is C9H11N3S. The number of anilines is 1. The number of aromatic nitrogens is 1. The van der Waals surface area contributed by atoms with Gasteiger partial charge in [0.2, 0.25) is 0 Å². The third-order valence-corrected chi connectivity index (χ3v) is 3.21. The fraction of sp³-hybridized carbons (Fsp3) is 0.222. The summed E-state index contributed by atoms with van der Waals surface area (Å²) in [6.07, 6.45) is 0. The zero-order valence-electron chi connectivity index (χ0n) is 7.61. The molecule has 0 aliphatic heterocycles. The van der Waals surface area contributed by atoms with Crippen LogP contribution in [-0.4, -0.2) is 11.6 Å². The van der Waals surface area contributed by atoms with Crippen LogP contribution in [0.2, 0.25) is 0 Å². The Kier molecular flexibility index (Phi) is 1.84. The minimum atomic E-state index is 0.803. The number of rotatable bonds is 0. The number of benzene rings is 1. The van der Waals surface area contributed by atoms with Gasteiger partial charge in [0.1, 0.15) is 0 Å². The van der Waals surface area contributed by atoms with Crippen LogP contribution in [0.25, 0.3) is 10.2 Å². The van der Waals surface area contributed by atoms with Gasteiger partial charge in [-0.25, -0.2) is 0 Å². The maximum Gasteiger partial charge on any atom is 0.185 e. The van der Waals surface area contributed by atoms with E-state index in [1.54, 1.807) is 18.4 Å². The van der Waals surface area contributed by atoms with Gasteiger partial charge in [0.05, 0.1) is 10.2 Å². The van der Waals surface area contributed by atoms with Crippen LogP contribution < -0.4 is 10.5 Å². The number of hydrogen-bond donors (Lipinski definition) is 1. The van der Waals surface area contributed by atoms with Crippen molar-refractivity contribution in [3.63, 3.8) is 0 Å².